The molecular formula is C19H21BrN4O2. The van der Waals surface area contributed by atoms with E-state index in [4.69, 9.17) is 4.74 Å². The molecule has 0 saturated carbocycles. The van der Waals surface area contributed by atoms with E-state index in [1.54, 1.807) is 17.2 Å². The van der Waals surface area contributed by atoms with E-state index in [1.807, 2.05) is 24.3 Å². The van der Waals surface area contributed by atoms with Crippen LogP contribution in [0.25, 0.3) is 0 Å². The Morgan fingerprint density at radius 2 is 2.04 bits per heavy atom. The predicted molar refractivity (Wildman–Crippen MR) is 105 cm³/mol. The second kappa shape index (κ2) is 7.63. The summed E-state index contributed by atoms with van der Waals surface area (Å²) in [4.78, 5) is 21.6. The van der Waals surface area contributed by atoms with Crippen LogP contribution in [-0.2, 0) is 0 Å². The van der Waals surface area contributed by atoms with Crippen LogP contribution in [0, 0.1) is 0 Å². The number of hydrogen-bond acceptors (Lipinski definition) is 5. The lowest BCUT2D eigenvalue weighted by atomic mass is 10.1. The number of hydrogen-bond donors (Lipinski definition) is 1. The van der Waals surface area contributed by atoms with Gasteiger partial charge in [-0.25, -0.2) is 4.98 Å². The third-order valence-corrected chi connectivity index (χ3v) is 5.19. The maximum Gasteiger partial charge on any atom is 0.262 e. The molecule has 0 atom stereocenters. The molecule has 0 spiro atoms. The molecule has 136 valence electrons. The fourth-order valence-corrected chi connectivity index (χ4v) is 3.67. The van der Waals surface area contributed by atoms with Crippen LogP contribution in [0.2, 0.25) is 0 Å². The second-order valence-corrected chi connectivity index (χ2v) is 7.33. The van der Waals surface area contributed by atoms with Gasteiger partial charge in [-0.15, -0.1) is 0 Å². The maximum atomic E-state index is 13.0. The molecule has 0 radical (unpaired) electrons. The Morgan fingerprint density at radius 1 is 1.12 bits per heavy atom. The molecule has 4 rings (SSSR count). The SMILES string of the molecule is O=C1c2ccc(Br)cc2OCCN1c1ccc(N2CCCNCC2)nc1. The number of halogens is 1. The van der Waals surface area contributed by atoms with Crippen molar-refractivity contribution in [3.05, 3.63) is 46.6 Å². The van der Waals surface area contributed by atoms with Crippen molar-refractivity contribution < 1.29 is 9.53 Å². The van der Waals surface area contributed by atoms with Crippen LogP contribution in [0.1, 0.15) is 16.8 Å². The molecule has 2 aromatic rings. The summed E-state index contributed by atoms with van der Waals surface area (Å²) in [7, 11) is 0. The summed E-state index contributed by atoms with van der Waals surface area (Å²) in [6.07, 6.45) is 2.90. The smallest absolute Gasteiger partial charge is 0.262 e. The molecule has 1 amide bonds. The van der Waals surface area contributed by atoms with E-state index in [2.05, 4.69) is 31.1 Å². The zero-order valence-electron chi connectivity index (χ0n) is 14.4. The number of carbonyl (C=O) groups is 1. The van der Waals surface area contributed by atoms with E-state index in [9.17, 15) is 4.79 Å². The molecule has 6 nitrogen and oxygen atoms in total. The van der Waals surface area contributed by atoms with Gasteiger partial charge in [-0.2, -0.15) is 0 Å². The lowest BCUT2D eigenvalue weighted by Crippen LogP contribution is -2.32. The summed E-state index contributed by atoms with van der Waals surface area (Å²) < 4.78 is 6.65. The van der Waals surface area contributed by atoms with E-state index in [1.165, 1.54) is 0 Å². The van der Waals surface area contributed by atoms with Gasteiger partial charge in [-0.05, 0) is 43.3 Å². The highest BCUT2D eigenvalue weighted by atomic mass is 79.9. The number of nitrogens with zero attached hydrogens (tertiary/aromatic N) is 3. The monoisotopic (exact) mass is 416 g/mol. The number of pyridine rings is 1. The predicted octanol–water partition coefficient (Wildman–Crippen LogP) is 2.68. The Hall–Kier alpha value is -2.12. The van der Waals surface area contributed by atoms with E-state index in [0.717, 1.165) is 48.6 Å². The van der Waals surface area contributed by atoms with Crippen molar-refractivity contribution in [3.8, 4) is 5.75 Å². The number of nitrogens with one attached hydrogen (secondary N) is 1. The van der Waals surface area contributed by atoms with Crippen LogP contribution in [0.3, 0.4) is 0 Å². The van der Waals surface area contributed by atoms with Crippen LogP contribution < -0.4 is 19.9 Å². The minimum Gasteiger partial charge on any atom is -0.491 e. The Kier molecular flexibility index (Phi) is 5.08. The summed E-state index contributed by atoms with van der Waals surface area (Å²) in [5.74, 6) is 1.52. The number of ether oxygens (including phenoxy) is 1. The van der Waals surface area contributed by atoms with E-state index < -0.39 is 0 Å². The van der Waals surface area contributed by atoms with Gasteiger partial charge in [0.1, 0.15) is 18.2 Å². The van der Waals surface area contributed by atoms with Gasteiger partial charge in [0.05, 0.1) is 24.0 Å². The van der Waals surface area contributed by atoms with Gasteiger partial charge in [0.15, 0.2) is 0 Å². The number of benzene rings is 1. The van der Waals surface area contributed by atoms with Crippen LogP contribution in [-0.4, -0.2) is 50.2 Å². The van der Waals surface area contributed by atoms with Gasteiger partial charge in [-0.3, -0.25) is 4.79 Å². The first kappa shape index (κ1) is 17.3. The van der Waals surface area contributed by atoms with Gasteiger partial charge < -0.3 is 19.9 Å². The Bertz CT molecular complexity index is 789. The third-order valence-electron chi connectivity index (χ3n) is 4.70. The highest BCUT2D eigenvalue weighted by molar-refractivity contribution is 9.10. The molecule has 3 heterocycles. The van der Waals surface area contributed by atoms with Gasteiger partial charge >= 0.3 is 0 Å². The molecule has 26 heavy (non-hydrogen) atoms. The molecule has 2 aliphatic rings. The molecule has 0 unspecified atom stereocenters. The van der Waals surface area contributed by atoms with Crippen molar-refractivity contribution >= 4 is 33.3 Å². The van der Waals surface area contributed by atoms with E-state index in [-0.39, 0.29) is 5.91 Å². The van der Waals surface area contributed by atoms with Crippen LogP contribution in [0.5, 0.6) is 5.75 Å². The Labute approximate surface area is 161 Å². The van der Waals surface area contributed by atoms with Crippen molar-refractivity contribution in [2.45, 2.75) is 6.42 Å². The molecule has 1 N–H and O–H groups in total. The molecule has 2 aliphatic heterocycles. The van der Waals surface area contributed by atoms with Crippen molar-refractivity contribution in [2.75, 3.05) is 49.1 Å². The highest BCUT2D eigenvalue weighted by Gasteiger charge is 2.25. The zero-order chi connectivity index (χ0) is 17.9. The average molecular weight is 417 g/mol. The number of aromatic nitrogens is 1. The fraction of sp³-hybridized carbons (Fsp3) is 0.368. The molecular weight excluding hydrogens is 396 g/mol. The van der Waals surface area contributed by atoms with E-state index in [0.29, 0.717) is 24.5 Å². The number of anilines is 2. The highest BCUT2D eigenvalue weighted by Crippen LogP contribution is 2.29. The summed E-state index contributed by atoms with van der Waals surface area (Å²) in [5.41, 5.74) is 1.37. The topological polar surface area (TPSA) is 57.7 Å². The number of amides is 1. The van der Waals surface area contributed by atoms with Crippen molar-refractivity contribution in [1.82, 2.24) is 10.3 Å². The van der Waals surface area contributed by atoms with Crippen LogP contribution in [0.4, 0.5) is 11.5 Å². The fourth-order valence-electron chi connectivity index (χ4n) is 3.33. The average Bonchev–Trinajstić information content (AvgIpc) is 3.02. The van der Waals surface area contributed by atoms with Gasteiger partial charge in [0.25, 0.3) is 5.91 Å². The van der Waals surface area contributed by atoms with Gasteiger partial charge in [0, 0.05) is 24.1 Å². The summed E-state index contributed by atoms with van der Waals surface area (Å²) in [5, 5.41) is 3.40. The standard InChI is InChI=1S/C19H21BrN4O2/c20-14-2-4-16-17(12-14)26-11-10-24(19(16)25)15-3-5-18(22-13-15)23-8-1-6-21-7-9-23/h2-5,12-13,21H,1,6-11H2. The van der Waals surface area contributed by atoms with Crippen molar-refractivity contribution in [3.63, 3.8) is 0 Å². The number of rotatable bonds is 2. The van der Waals surface area contributed by atoms with Crippen LogP contribution in [0.15, 0.2) is 41.0 Å². The Morgan fingerprint density at radius 3 is 2.88 bits per heavy atom. The van der Waals surface area contributed by atoms with Crippen LogP contribution >= 0.6 is 15.9 Å². The molecule has 0 bridgehead atoms. The molecule has 7 heteroatoms. The normalized spacial score (nSPS) is 18.0. The summed E-state index contributed by atoms with van der Waals surface area (Å²) >= 11 is 3.42. The first-order valence-corrected chi connectivity index (χ1v) is 9.67. The molecule has 0 aliphatic carbocycles. The molecule has 1 fully saturated rings. The largest absolute Gasteiger partial charge is 0.491 e. The first-order valence-electron chi connectivity index (χ1n) is 8.88. The molecule has 1 aromatic heterocycles. The first-order chi connectivity index (χ1) is 12.7. The van der Waals surface area contributed by atoms with Gasteiger partial charge in [0.2, 0.25) is 0 Å². The summed E-state index contributed by atoms with van der Waals surface area (Å²) in [6.45, 7) is 4.92. The van der Waals surface area contributed by atoms with Crippen molar-refractivity contribution in [2.24, 2.45) is 0 Å². The second-order valence-electron chi connectivity index (χ2n) is 6.41. The van der Waals surface area contributed by atoms with E-state index >= 15 is 0 Å². The molecule has 1 saturated heterocycles. The minimum absolute atomic E-state index is 0.0569. The summed E-state index contributed by atoms with van der Waals surface area (Å²) in [6, 6.07) is 9.47. The van der Waals surface area contributed by atoms with Gasteiger partial charge in [-0.1, -0.05) is 15.9 Å². The maximum absolute atomic E-state index is 13.0. The zero-order valence-corrected chi connectivity index (χ0v) is 16.0. The quantitative estimate of drug-likeness (QED) is 0.815. The Balaban J connectivity index is 1.57. The molecule has 1 aromatic carbocycles. The third kappa shape index (κ3) is 3.54. The number of carbonyl (C=O) groups excluding carboxylic acids is 1. The lowest BCUT2D eigenvalue weighted by Gasteiger charge is -2.23. The van der Waals surface area contributed by atoms with Crippen molar-refractivity contribution in [1.29, 1.82) is 0 Å². The minimum atomic E-state index is -0.0569. The number of fused-ring (bicyclic) bond motifs is 1. The lowest BCUT2D eigenvalue weighted by molar-refractivity contribution is 0.0989.